The van der Waals surface area contributed by atoms with Gasteiger partial charge in [-0.3, -0.25) is 4.79 Å². The number of amides is 1. The summed E-state index contributed by atoms with van der Waals surface area (Å²) in [7, 11) is 0. The van der Waals surface area contributed by atoms with Crippen molar-refractivity contribution in [3.63, 3.8) is 0 Å². The van der Waals surface area contributed by atoms with E-state index < -0.39 is 5.97 Å². The number of hydrogen-bond acceptors (Lipinski definition) is 4. The Hall–Kier alpha value is -2.14. The molecule has 0 aliphatic heterocycles. The average Bonchev–Trinajstić information content (AvgIpc) is 2.91. The van der Waals surface area contributed by atoms with Crippen molar-refractivity contribution >= 4 is 28.9 Å². The highest BCUT2D eigenvalue weighted by Gasteiger charge is 2.14. The molecule has 0 saturated carbocycles. The highest BCUT2D eigenvalue weighted by atomic mass is 32.1. The number of benzene rings is 1. The Kier molecular flexibility index (Phi) is 5.33. The number of ether oxygens (including phenoxy) is 1. The van der Waals surface area contributed by atoms with Crippen molar-refractivity contribution in [2.75, 3.05) is 11.9 Å². The smallest absolute Gasteiger partial charge is 0.349 e. The zero-order chi connectivity index (χ0) is 16.1. The molecule has 0 radical (unpaired) electrons. The number of carbonyl (C=O) groups is 2. The summed E-state index contributed by atoms with van der Waals surface area (Å²) < 4.78 is 5.02. The van der Waals surface area contributed by atoms with E-state index in [1.165, 1.54) is 16.9 Å². The van der Waals surface area contributed by atoms with E-state index in [1.807, 2.05) is 42.6 Å². The third-order valence-electron chi connectivity index (χ3n) is 3.24. The lowest BCUT2D eigenvalue weighted by Crippen LogP contribution is -2.20. The van der Waals surface area contributed by atoms with Gasteiger partial charge in [0.25, 0.3) is 5.91 Å². The molecule has 4 nitrogen and oxygen atoms in total. The van der Waals surface area contributed by atoms with Crippen molar-refractivity contribution < 1.29 is 14.3 Å². The number of anilines is 1. The summed E-state index contributed by atoms with van der Waals surface area (Å²) in [4.78, 5) is 24.2. The van der Waals surface area contributed by atoms with Gasteiger partial charge in [-0.1, -0.05) is 26.0 Å². The Labute approximate surface area is 134 Å². The predicted octanol–water partition coefficient (Wildman–Crippen LogP) is 3.98. The van der Waals surface area contributed by atoms with Gasteiger partial charge in [0.2, 0.25) is 0 Å². The van der Waals surface area contributed by atoms with Crippen LogP contribution in [-0.2, 0) is 9.53 Å². The van der Waals surface area contributed by atoms with Crippen LogP contribution in [0.25, 0.3) is 0 Å². The molecule has 0 saturated heterocycles. The van der Waals surface area contributed by atoms with Gasteiger partial charge in [0, 0.05) is 5.69 Å². The fourth-order valence-electron chi connectivity index (χ4n) is 1.93. The zero-order valence-electron chi connectivity index (χ0n) is 12.9. The maximum atomic E-state index is 11.8. The fourth-order valence-corrected chi connectivity index (χ4v) is 2.74. The second-order valence-corrected chi connectivity index (χ2v) is 6.25. The van der Waals surface area contributed by atoms with Gasteiger partial charge in [-0.2, -0.15) is 0 Å². The Balaban J connectivity index is 1.85. The minimum atomic E-state index is -0.460. The Bertz CT molecular complexity index is 659. The van der Waals surface area contributed by atoms with Crippen LogP contribution >= 0.6 is 11.3 Å². The van der Waals surface area contributed by atoms with Gasteiger partial charge in [0.05, 0.1) is 0 Å². The molecule has 22 heavy (non-hydrogen) atoms. The van der Waals surface area contributed by atoms with Crippen LogP contribution in [0.15, 0.2) is 35.7 Å². The van der Waals surface area contributed by atoms with E-state index >= 15 is 0 Å². The number of nitrogens with one attached hydrogen (secondary N) is 1. The maximum absolute atomic E-state index is 11.8. The van der Waals surface area contributed by atoms with Crippen molar-refractivity contribution in [3.05, 3.63) is 51.7 Å². The van der Waals surface area contributed by atoms with Crippen LogP contribution in [0.2, 0.25) is 0 Å². The lowest BCUT2D eigenvalue weighted by molar-refractivity contribution is -0.119. The van der Waals surface area contributed by atoms with E-state index in [4.69, 9.17) is 4.74 Å². The number of carbonyl (C=O) groups excluding carboxylic acids is 2. The average molecular weight is 317 g/mol. The lowest BCUT2D eigenvalue weighted by atomic mass is 10.0. The van der Waals surface area contributed by atoms with Crippen LogP contribution in [0, 0.1) is 6.92 Å². The number of aryl methyl sites for hydroxylation is 1. The van der Waals surface area contributed by atoms with Crippen molar-refractivity contribution in [1.29, 1.82) is 0 Å². The molecule has 1 heterocycles. The minimum Gasteiger partial charge on any atom is -0.451 e. The van der Waals surface area contributed by atoms with Gasteiger partial charge in [-0.15, -0.1) is 11.3 Å². The van der Waals surface area contributed by atoms with Gasteiger partial charge < -0.3 is 10.1 Å². The number of rotatable bonds is 5. The Morgan fingerprint density at radius 3 is 2.41 bits per heavy atom. The van der Waals surface area contributed by atoms with Gasteiger partial charge in [0.1, 0.15) is 4.88 Å². The van der Waals surface area contributed by atoms with E-state index in [-0.39, 0.29) is 12.5 Å². The van der Waals surface area contributed by atoms with Gasteiger partial charge in [-0.05, 0) is 47.5 Å². The standard InChI is InChI=1S/C17H19NO3S/c1-11(2)13-4-6-14(7-5-13)18-15(19)10-21-17(20)16-12(3)8-9-22-16/h4-9,11H,10H2,1-3H3,(H,18,19). The first kappa shape index (κ1) is 16.2. The van der Waals surface area contributed by atoms with Crippen LogP contribution in [0.1, 0.15) is 40.6 Å². The van der Waals surface area contributed by atoms with Crippen LogP contribution in [0.3, 0.4) is 0 Å². The third kappa shape index (κ3) is 4.18. The van der Waals surface area contributed by atoms with Gasteiger partial charge in [0.15, 0.2) is 6.61 Å². The summed E-state index contributed by atoms with van der Waals surface area (Å²) in [5, 5.41) is 4.53. The SMILES string of the molecule is Cc1ccsc1C(=O)OCC(=O)Nc1ccc(C(C)C)cc1. The van der Waals surface area contributed by atoms with Crippen LogP contribution in [0.4, 0.5) is 5.69 Å². The molecule has 2 rings (SSSR count). The highest BCUT2D eigenvalue weighted by molar-refractivity contribution is 7.12. The number of thiophene rings is 1. The molecule has 0 atom stereocenters. The Morgan fingerprint density at radius 2 is 1.86 bits per heavy atom. The molecule has 0 aliphatic carbocycles. The minimum absolute atomic E-state index is 0.290. The molecule has 0 unspecified atom stereocenters. The van der Waals surface area contributed by atoms with Crippen molar-refractivity contribution in [3.8, 4) is 0 Å². The van der Waals surface area contributed by atoms with Crippen LogP contribution < -0.4 is 5.32 Å². The first-order valence-electron chi connectivity index (χ1n) is 7.08. The van der Waals surface area contributed by atoms with E-state index in [1.54, 1.807) is 0 Å². The second kappa shape index (κ2) is 7.22. The van der Waals surface area contributed by atoms with Gasteiger partial charge in [-0.25, -0.2) is 4.79 Å². The third-order valence-corrected chi connectivity index (χ3v) is 4.24. The zero-order valence-corrected chi connectivity index (χ0v) is 13.7. The van der Waals surface area contributed by atoms with Crippen LogP contribution in [-0.4, -0.2) is 18.5 Å². The first-order chi connectivity index (χ1) is 10.5. The Morgan fingerprint density at radius 1 is 1.18 bits per heavy atom. The molecule has 1 aromatic carbocycles. The van der Waals surface area contributed by atoms with Crippen molar-refractivity contribution in [2.24, 2.45) is 0 Å². The molecular weight excluding hydrogens is 298 g/mol. The maximum Gasteiger partial charge on any atom is 0.349 e. The van der Waals surface area contributed by atoms with E-state index in [9.17, 15) is 9.59 Å². The van der Waals surface area contributed by atoms with E-state index in [0.717, 1.165) is 5.56 Å². The summed E-state index contributed by atoms with van der Waals surface area (Å²) in [5.41, 5.74) is 2.76. The number of hydrogen-bond donors (Lipinski definition) is 1. The molecule has 0 aliphatic rings. The van der Waals surface area contributed by atoms with E-state index in [2.05, 4.69) is 19.2 Å². The van der Waals surface area contributed by atoms with E-state index in [0.29, 0.717) is 16.5 Å². The lowest BCUT2D eigenvalue weighted by Gasteiger charge is -2.09. The molecule has 0 fully saturated rings. The van der Waals surface area contributed by atoms with Crippen molar-refractivity contribution in [2.45, 2.75) is 26.7 Å². The topological polar surface area (TPSA) is 55.4 Å². The molecule has 5 heteroatoms. The predicted molar refractivity (Wildman–Crippen MR) is 88.5 cm³/mol. The monoisotopic (exact) mass is 317 g/mol. The summed E-state index contributed by atoms with van der Waals surface area (Å²) in [6, 6.07) is 9.48. The highest BCUT2D eigenvalue weighted by Crippen LogP contribution is 2.18. The summed E-state index contributed by atoms with van der Waals surface area (Å²) in [6.45, 7) is 5.77. The fraction of sp³-hybridized carbons (Fsp3) is 0.294. The molecule has 2 aromatic rings. The largest absolute Gasteiger partial charge is 0.451 e. The molecule has 0 bridgehead atoms. The molecule has 0 spiro atoms. The normalized spacial score (nSPS) is 10.5. The molecule has 1 N–H and O–H groups in total. The summed E-state index contributed by atoms with van der Waals surface area (Å²) >= 11 is 1.31. The summed E-state index contributed by atoms with van der Waals surface area (Å²) in [6.07, 6.45) is 0. The molecule has 1 aromatic heterocycles. The van der Waals surface area contributed by atoms with Crippen LogP contribution in [0.5, 0.6) is 0 Å². The second-order valence-electron chi connectivity index (χ2n) is 5.33. The molecule has 1 amide bonds. The molecular formula is C17H19NO3S. The number of esters is 1. The van der Waals surface area contributed by atoms with Crippen molar-refractivity contribution in [1.82, 2.24) is 0 Å². The summed E-state index contributed by atoms with van der Waals surface area (Å²) in [5.74, 6) is -0.364. The molecule has 116 valence electrons. The quantitative estimate of drug-likeness (QED) is 0.849. The first-order valence-corrected chi connectivity index (χ1v) is 7.96. The van der Waals surface area contributed by atoms with Gasteiger partial charge >= 0.3 is 5.97 Å².